The van der Waals surface area contributed by atoms with Crippen LogP contribution >= 0.6 is 12.2 Å². The summed E-state index contributed by atoms with van der Waals surface area (Å²) in [6, 6.07) is 0. The second kappa shape index (κ2) is 3.89. The van der Waals surface area contributed by atoms with E-state index in [9.17, 15) is 4.79 Å². The largest absolute Gasteiger partial charge is 0.313 e. The van der Waals surface area contributed by atoms with Crippen LogP contribution in [0.2, 0.25) is 0 Å². The Balaban J connectivity index is 3.17. The molecule has 0 fully saturated rings. The minimum absolute atomic E-state index is 0.169. The molecule has 0 heterocycles. The maximum Gasteiger partial charge on any atom is 0.188 e. The fourth-order valence-corrected chi connectivity index (χ4v) is 0.269. The molecular formula is C4H6NOS. The Morgan fingerprint density at radius 1 is 2.00 bits per heavy atom. The summed E-state index contributed by atoms with van der Waals surface area (Å²) < 4.78 is 0. The van der Waals surface area contributed by atoms with Crippen LogP contribution in [-0.2, 0) is 4.79 Å². The summed E-state index contributed by atoms with van der Waals surface area (Å²) in [7, 11) is 1.69. The predicted octanol–water partition coefficient (Wildman–Crippen LogP) is -0.348. The summed E-state index contributed by atoms with van der Waals surface area (Å²) in [5, 5.41) is 4.69. The molecule has 1 radical (unpaired) electrons. The van der Waals surface area contributed by atoms with Gasteiger partial charge in [0.15, 0.2) is 5.78 Å². The van der Waals surface area contributed by atoms with Crippen LogP contribution in [0.1, 0.15) is 0 Å². The van der Waals surface area contributed by atoms with E-state index in [4.69, 9.17) is 0 Å². The van der Waals surface area contributed by atoms with Gasteiger partial charge in [-0.05, 0) is 7.05 Å². The standard InChI is InChI=1S/C4H6NOS/c1-5-2-4(6)3-7/h5H,2H2,1H3. The van der Waals surface area contributed by atoms with Crippen molar-refractivity contribution in [2.75, 3.05) is 13.6 Å². The molecule has 0 unspecified atom stereocenters. The molecule has 0 amide bonds. The predicted molar refractivity (Wildman–Crippen MR) is 31.5 cm³/mol. The van der Waals surface area contributed by atoms with Gasteiger partial charge in [0.2, 0.25) is 0 Å². The number of rotatable bonds is 3. The van der Waals surface area contributed by atoms with Gasteiger partial charge in [0, 0.05) is 0 Å². The van der Waals surface area contributed by atoms with E-state index in [2.05, 4.69) is 17.5 Å². The van der Waals surface area contributed by atoms with Crippen LogP contribution in [0.15, 0.2) is 0 Å². The third kappa shape index (κ3) is 3.55. The van der Waals surface area contributed by atoms with Gasteiger partial charge in [-0.25, -0.2) is 0 Å². The summed E-state index contributed by atoms with van der Waals surface area (Å²) in [6.45, 7) is 0.295. The van der Waals surface area contributed by atoms with Gasteiger partial charge < -0.3 is 5.32 Å². The molecule has 0 atom stereocenters. The van der Waals surface area contributed by atoms with Gasteiger partial charge in [-0.3, -0.25) is 4.79 Å². The first kappa shape index (κ1) is 6.72. The van der Waals surface area contributed by atoms with E-state index in [1.165, 1.54) is 0 Å². The highest BCUT2D eigenvalue weighted by molar-refractivity contribution is 7.80. The molecule has 0 spiro atoms. The summed E-state index contributed by atoms with van der Waals surface area (Å²) >= 11 is 4.20. The van der Waals surface area contributed by atoms with Crippen LogP contribution in [-0.4, -0.2) is 24.7 Å². The molecule has 3 heteroatoms. The highest BCUT2D eigenvalue weighted by atomic mass is 32.1. The SMILES string of the molecule is CNCC(=O)[C]=S. The average Bonchev–Trinajstić information content (AvgIpc) is 1.68. The molecule has 0 aliphatic heterocycles. The van der Waals surface area contributed by atoms with Crippen LogP contribution in [0.5, 0.6) is 0 Å². The van der Waals surface area contributed by atoms with Crippen molar-refractivity contribution < 1.29 is 4.79 Å². The molecule has 0 bridgehead atoms. The summed E-state index contributed by atoms with van der Waals surface area (Å²) in [6.07, 6.45) is 0. The van der Waals surface area contributed by atoms with Gasteiger partial charge in [0.25, 0.3) is 0 Å². The lowest BCUT2D eigenvalue weighted by atomic mass is 10.5. The quantitative estimate of drug-likeness (QED) is 0.511. The second-order valence-corrected chi connectivity index (χ2v) is 1.26. The van der Waals surface area contributed by atoms with Crippen molar-refractivity contribution in [3.05, 3.63) is 0 Å². The van der Waals surface area contributed by atoms with E-state index in [0.29, 0.717) is 6.54 Å². The maximum atomic E-state index is 10.1. The van der Waals surface area contributed by atoms with Crippen molar-refractivity contribution in [3.63, 3.8) is 0 Å². The number of carbonyl (C=O) groups excluding carboxylic acids is 1. The zero-order valence-corrected chi connectivity index (χ0v) is 4.84. The van der Waals surface area contributed by atoms with Crippen molar-refractivity contribution >= 4 is 23.4 Å². The lowest BCUT2D eigenvalue weighted by Gasteiger charge is -1.85. The van der Waals surface area contributed by atoms with Crippen LogP contribution in [0.4, 0.5) is 0 Å². The number of hydrogen-bond acceptors (Lipinski definition) is 3. The Morgan fingerprint density at radius 3 is 2.71 bits per heavy atom. The van der Waals surface area contributed by atoms with E-state index in [-0.39, 0.29) is 5.78 Å². The van der Waals surface area contributed by atoms with E-state index in [1.807, 2.05) is 5.37 Å². The third-order valence-electron chi connectivity index (χ3n) is 0.451. The van der Waals surface area contributed by atoms with E-state index < -0.39 is 0 Å². The normalized spacial score (nSPS) is 8.14. The van der Waals surface area contributed by atoms with Crippen molar-refractivity contribution in [3.8, 4) is 0 Å². The van der Waals surface area contributed by atoms with E-state index >= 15 is 0 Å². The Bertz CT molecular complexity index is 81.8. The van der Waals surface area contributed by atoms with Gasteiger partial charge in [0.1, 0.15) is 5.37 Å². The number of ketones is 1. The van der Waals surface area contributed by atoms with Crippen molar-refractivity contribution in [1.82, 2.24) is 5.32 Å². The first-order valence-corrected chi connectivity index (χ1v) is 2.27. The fraction of sp³-hybridized carbons (Fsp3) is 0.500. The zero-order valence-electron chi connectivity index (χ0n) is 4.02. The number of carbonyl (C=O) groups is 1. The fourth-order valence-electron chi connectivity index (χ4n) is 0.197. The molecule has 0 aromatic heterocycles. The molecule has 0 aromatic rings. The first-order chi connectivity index (χ1) is 3.31. The minimum Gasteiger partial charge on any atom is -0.313 e. The summed E-state index contributed by atoms with van der Waals surface area (Å²) in [4.78, 5) is 10.1. The van der Waals surface area contributed by atoms with Crippen molar-refractivity contribution in [2.24, 2.45) is 0 Å². The Labute approximate surface area is 47.9 Å². The maximum absolute atomic E-state index is 10.1. The molecule has 0 rings (SSSR count). The van der Waals surface area contributed by atoms with Crippen LogP contribution < -0.4 is 5.32 Å². The number of hydrogen-bond donors (Lipinski definition) is 1. The highest BCUT2D eigenvalue weighted by Crippen LogP contribution is 1.59. The van der Waals surface area contributed by atoms with Gasteiger partial charge in [0.05, 0.1) is 6.54 Å². The van der Waals surface area contributed by atoms with Gasteiger partial charge >= 0.3 is 0 Å². The van der Waals surface area contributed by atoms with Crippen LogP contribution in [0, 0.1) is 0 Å². The van der Waals surface area contributed by atoms with Crippen LogP contribution in [0.3, 0.4) is 0 Å². The van der Waals surface area contributed by atoms with E-state index in [0.717, 1.165) is 0 Å². The molecule has 1 N–H and O–H groups in total. The second-order valence-electron chi connectivity index (χ2n) is 1.06. The number of likely N-dealkylation sites (N-methyl/N-ethyl adjacent to an activating group) is 1. The zero-order chi connectivity index (χ0) is 5.70. The number of Topliss-reactive ketones (excluding diaryl/α,β-unsaturated/α-hetero) is 1. The molecule has 2 nitrogen and oxygen atoms in total. The Morgan fingerprint density at radius 2 is 2.57 bits per heavy atom. The lowest BCUT2D eigenvalue weighted by Crippen LogP contribution is -2.18. The average molecular weight is 116 g/mol. The molecule has 0 saturated carbocycles. The van der Waals surface area contributed by atoms with Gasteiger partial charge in [-0.15, -0.1) is 0 Å². The summed E-state index contributed by atoms with van der Waals surface area (Å²) in [5.74, 6) is -0.169. The molecule has 0 aromatic carbocycles. The Hall–Kier alpha value is -0.280. The van der Waals surface area contributed by atoms with Crippen molar-refractivity contribution in [1.29, 1.82) is 0 Å². The molecule has 0 aliphatic carbocycles. The molecular weight excluding hydrogens is 110 g/mol. The molecule has 0 aliphatic rings. The van der Waals surface area contributed by atoms with Crippen molar-refractivity contribution in [2.45, 2.75) is 0 Å². The number of nitrogens with one attached hydrogen (secondary N) is 1. The van der Waals surface area contributed by atoms with Gasteiger partial charge in [-0.2, -0.15) is 0 Å². The topological polar surface area (TPSA) is 29.1 Å². The molecule has 39 valence electrons. The minimum atomic E-state index is -0.169. The molecule has 0 saturated heterocycles. The van der Waals surface area contributed by atoms with Gasteiger partial charge in [-0.1, -0.05) is 12.2 Å². The monoisotopic (exact) mass is 116 g/mol. The van der Waals surface area contributed by atoms with Crippen LogP contribution in [0.25, 0.3) is 0 Å². The molecule has 7 heavy (non-hydrogen) atoms. The third-order valence-corrected chi connectivity index (χ3v) is 0.679. The Kier molecular flexibility index (Phi) is 3.74. The lowest BCUT2D eigenvalue weighted by molar-refractivity contribution is -0.111. The highest BCUT2D eigenvalue weighted by Gasteiger charge is 1.89. The summed E-state index contributed by atoms with van der Waals surface area (Å²) in [5.41, 5.74) is 0. The number of thiocarbonyl (C=S) groups is 1. The smallest absolute Gasteiger partial charge is 0.188 e. The first-order valence-electron chi connectivity index (χ1n) is 1.87. The van der Waals surface area contributed by atoms with E-state index in [1.54, 1.807) is 7.05 Å².